The van der Waals surface area contributed by atoms with E-state index >= 15 is 0 Å². The number of ether oxygens (including phenoxy) is 1. The van der Waals surface area contributed by atoms with Gasteiger partial charge in [-0.2, -0.15) is 0 Å². The Kier molecular flexibility index (Phi) is 7.28. The number of nitrogens with one attached hydrogen (secondary N) is 2. The molecule has 1 aromatic heterocycles. The number of nitrogens with zero attached hydrogens (tertiary/aromatic N) is 2. The summed E-state index contributed by atoms with van der Waals surface area (Å²) < 4.78 is 32.4. The molecule has 2 fully saturated rings. The van der Waals surface area contributed by atoms with Crippen LogP contribution in [0.15, 0.2) is 18.3 Å². The number of morpholine rings is 1. The van der Waals surface area contributed by atoms with Gasteiger partial charge in [0, 0.05) is 25.0 Å². The summed E-state index contributed by atoms with van der Waals surface area (Å²) in [7, 11) is -3.37. The van der Waals surface area contributed by atoms with Gasteiger partial charge in [0.25, 0.3) is 0 Å². The number of anilines is 2. The predicted octanol–water partition coefficient (Wildman–Crippen LogP) is 2.91. The van der Waals surface area contributed by atoms with Gasteiger partial charge < -0.3 is 15.0 Å². The quantitative estimate of drug-likeness (QED) is 0.712. The number of carbonyl (C=O) groups is 1. The summed E-state index contributed by atoms with van der Waals surface area (Å²) in [6, 6.07) is 3.71. The lowest BCUT2D eigenvalue weighted by Crippen LogP contribution is -2.46. The van der Waals surface area contributed by atoms with Crippen molar-refractivity contribution in [3.8, 4) is 0 Å². The van der Waals surface area contributed by atoms with E-state index in [1.165, 1.54) is 0 Å². The third-order valence-electron chi connectivity index (χ3n) is 5.98. The van der Waals surface area contributed by atoms with Gasteiger partial charge in [-0.1, -0.05) is 0 Å². The summed E-state index contributed by atoms with van der Waals surface area (Å²) in [6.07, 6.45) is 4.67. The number of aromatic nitrogens is 1. The van der Waals surface area contributed by atoms with Gasteiger partial charge in [-0.3, -0.25) is 4.79 Å². The molecular formula is C22H36N4O4S. The van der Waals surface area contributed by atoms with E-state index in [1.54, 1.807) is 27.0 Å². The van der Waals surface area contributed by atoms with Gasteiger partial charge in [-0.15, -0.1) is 0 Å². The summed E-state index contributed by atoms with van der Waals surface area (Å²) in [4.78, 5) is 19.4. The minimum atomic E-state index is -3.37. The average molecular weight is 453 g/mol. The molecule has 2 unspecified atom stereocenters. The van der Waals surface area contributed by atoms with E-state index in [9.17, 15) is 13.2 Å². The molecule has 1 aromatic rings. The zero-order valence-electron chi connectivity index (χ0n) is 19.2. The molecule has 1 aliphatic carbocycles. The molecule has 0 radical (unpaired) electrons. The summed E-state index contributed by atoms with van der Waals surface area (Å²) >= 11 is 0. The van der Waals surface area contributed by atoms with E-state index in [-0.39, 0.29) is 30.1 Å². The normalized spacial score (nSPS) is 27.7. The Balaban J connectivity index is 1.50. The van der Waals surface area contributed by atoms with Gasteiger partial charge in [0.15, 0.2) is 0 Å². The van der Waals surface area contributed by atoms with Crippen molar-refractivity contribution in [2.75, 3.05) is 23.3 Å². The van der Waals surface area contributed by atoms with Crippen molar-refractivity contribution in [1.82, 2.24) is 9.71 Å². The molecule has 1 amide bonds. The van der Waals surface area contributed by atoms with Gasteiger partial charge in [0.1, 0.15) is 5.82 Å². The maximum Gasteiger partial charge on any atom is 0.227 e. The van der Waals surface area contributed by atoms with Crippen molar-refractivity contribution in [3.63, 3.8) is 0 Å². The molecular weight excluding hydrogens is 416 g/mol. The first kappa shape index (κ1) is 23.9. The second kappa shape index (κ2) is 9.42. The first-order chi connectivity index (χ1) is 14.4. The summed E-state index contributed by atoms with van der Waals surface area (Å²) in [6.45, 7) is 10.8. The molecule has 8 nitrogen and oxygen atoms in total. The van der Waals surface area contributed by atoms with Crippen molar-refractivity contribution in [2.24, 2.45) is 5.92 Å². The predicted molar refractivity (Wildman–Crippen MR) is 123 cm³/mol. The highest BCUT2D eigenvalue weighted by molar-refractivity contribution is 7.90. The molecule has 0 bridgehead atoms. The Morgan fingerprint density at radius 1 is 1.10 bits per heavy atom. The first-order valence-electron chi connectivity index (χ1n) is 11.1. The molecule has 9 heteroatoms. The molecule has 3 rings (SSSR count). The van der Waals surface area contributed by atoms with Gasteiger partial charge >= 0.3 is 0 Å². The fraction of sp³-hybridized carbons (Fsp3) is 0.727. The second-order valence-corrected chi connectivity index (χ2v) is 12.3. The van der Waals surface area contributed by atoms with E-state index in [4.69, 9.17) is 4.74 Å². The Labute approximate surface area is 186 Å². The van der Waals surface area contributed by atoms with E-state index < -0.39 is 14.8 Å². The lowest BCUT2D eigenvalue weighted by Gasteiger charge is -2.36. The minimum absolute atomic E-state index is 0.0275. The van der Waals surface area contributed by atoms with Crippen molar-refractivity contribution in [1.29, 1.82) is 0 Å². The molecule has 31 heavy (non-hydrogen) atoms. The highest BCUT2D eigenvalue weighted by Crippen LogP contribution is 2.28. The fourth-order valence-corrected chi connectivity index (χ4v) is 5.15. The van der Waals surface area contributed by atoms with Gasteiger partial charge in [0.2, 0.25) is 15.9 Å². The van der Waals surface area contributed by atoms with Crippen LogP contribution in [0, 0.1) is 5.92 Å². The van der Waals surface area contributed by atoms with Gasteiger partial charge in [-0.05, 0) is 72.4 Å². The smallest absolute Gasteiger partial charge is 0.227 e. The number of hydrogen-bond donors (Lipinski definition) is 2. The maximum atomic E-state index is 12.7. The van der Waals surface area contributed by atoms with Crippen molar-refractivity contribution in [2.45, 2.75) is 83.3 Å². The third kappa shape index (κ3) is 6.17. The van der Waals surface area contributed by atoms with Crippen LogP contribution >= 0.6 is 0 Å². The van der Waals surface area contributed by atoms with E-state index in [0.717, 1.165) is 18.9 Å². The lowest BCUT2D eigenvalue weighted by atomic mass is 9.86. The average Bonchev–Trinajstić information content (AvgIpc) is 2.67. The number of pyridine rings is 1. The summed E-state index contributed by atoms with van der Waals surface area (Å²) in [5.41, 5.74) is 0.679. The van der Waals surface area contributed by atoms with Crippen LogP contribution in [0.3, 0.4) is 0 Å². The van der Waals surface area contributed by atoms with Gasteiger partial charge in [-0.25, -0.2) is 18.1 Å². The Bertz CT molecular complexity index is 848. The zero-order chi connectivity index (χ0) is 22.8. The van der Waals surface area contributed by atoms with Crippen molar-refractivity contribution in [3.05, 3.63) is 18.3 Å². The number of amides is 1. The molecule has 0 spiro atoms. The highest BCUT2D eigenvalue weighted by Gasteiger charge is 2.34. The summed E-state index contributed by atoms with van der Waals surface area (Å²) in [5.74, 6) is 0.739. The van der Waals surface area contributed by atoms with Crippen LogP contribution < -0.4 is 14.9 Å². The topological polar surface area (TPSA) is 101 Å². The van der Waals surface area contributed by atoms with Crippen molar-refractivity contribution < 1.29 is 17.9 Å². The van der Waals surface area contributed by atoms with Crippen LogP contribution in [0.4, 0.5) is 11.5 Å². The molecule has 2 N–H and O–H groups in total. The monoisotopic (exact) mass is 452 g/mol. The molecule has 1 aliphatic heterocycles. The number of carbonyl (C=O) groups excluding carboxylic acids is 1. The second-order valence-electron chi connectivity index (χ2n) is 9.84. The van der Waals surface area contributed by atoms with E-state index in [0.29, 0.717) is 31.4 Å². The Morgan fingerprint density at radius 3 is 2.23 bits per heavy atom. The molecule has 2 heterocycles. The molecule has 174 valence electrons. The number of hydrogen-bond acceptors (Lipinski definition) is 6. The lowest BCUT2D eigenvalue weighted by molar-refractivity contribution is -0.120. The maximum absolute atomic E-state index is 12.7. The standard InChI is InChI=1S/C22H36N4O4S/c1-15-13-26(14-16(2)30-15)20-11-10-19(12-23-20)24-21(27)17-6-8-18(9-7-17)25-31(28,29)22(3,4)5/h10-12,15-18,25H,6-9,13-14H2,1-5H3,(H,24,27). The molecule has 0 aromatic carbocycles. The first-order valence-corrected chi connectivity index (χ1v) is 12.6. The zero-order valence-corrected chi connectivity index (χ0v) is 20.0. The Hall–Kier alpha value is -1.71. The summed E-state index contributed by atoms with van der Waals surface area (Å²) in [5, 5.41) is 2.96. The number of rotatable bonds is 5. The third-order valence-corrected chi connectivity index (χ3v) is 8.24. The SMILES string of the molecule is CC1CN(c2ccc(NC(=O)C3CCC(NS(=O)(=O)C(C)(C)C)CC3)cn2)CC(C)O1. The van der Waals surface area contributed by atoms with E-state index in [2.05, 4.69) is 33.8 Å². The van der Waals surface area contributed by atoms with Crippen molar-refractivity contribution >= 4 is 27.4 Å². The molecule has 1 saturated carbocycles. The van der Waals surface area contributed by atoms with E-state index in [1.807, 2.05) is 12.1 Å². The van der Waals surface area contributed by atoms with Crippen LogP contribution in [0.5, 0.6) is 0 Å². The van der Waals surface area contributed by atoms with Crippen LogP contribution in [-0.4, -0.2) is 55.4 Å². The van der Waals surface area contributed by atoms with Crippen LogP contribution in [0.1, 0.15) is 60.3 Å². The largest absolute Gasteiger partial charge is 0.372 e. The van der Waals surface area contributed by atoms with Gasteiger partial charge in [0.05, 0.1) is 28.8 Å². The highest BCUT2D eigenvalue weighted by atomic mass is 32.2. The van der Waals surface area contributed by atoms with Crippen LogP contribution in [-0.2, 0) is 19.6 Å². The molecule has 2 atom stereocenters. The Morgan fingerprint density at radius 2 is 1.71 bits per heavy atom. The molecule has 2 aliphatic rings. The molecule has 1 saturated heterocycles. The minimum Gasteiger partial charge on any atom is -0.372 e. The van der Waals surface area contributed by atoms with Crippen LogP contribution in [0.2, 0.25) is 0 Å². The number of sulfonamides is 1. The fourth-order valence-electron chi connectivity index (χ4n) is 4.13. The van der Waals surface area contributed by atoms with Crippen LogP contribution in [0.25, 0.3) is 0 Å².